The zero-order valence-corrected chi connectivity index (χ0v) is 10.2. The molecule has 2 heterocycles. The summed E-state index contributed by atoms with van der Waals surface area (Å²) >= 11 is 0. The van der Waals surface area contributed by atoms with Crippen LogP contribution in [0.4, 0.5) is 0 Å². The van der Waals surface area contributed by atoms with Crippen LogP contribution in [-0.4, -0.2) is 32.5 Å². The van der Waals surface area contributed by atoms with Gasteiger partial charge in [-0.05, 0) is 37.9 Å². The van der Waals surface area contributed by atoms with Crippen molar-refractivity contribution in [2.24, 2.45) is 0 Å². The highest BCUT2D eigenvalue weighted by Gasteiger charge is 2.14. The molecule has 1 N–H and O–H groups in total. The van der Waals surface area contributed by atoms with Crippen LogP contribution in [0.3, 0.4) is 0 Å². The van der Waals surface area contributed by atoms with Crippen LogP contribution >= 0.6 is 0 Å². The molecule has 1 aromatic heterocycles. The van der Waals surface area contributed by atoms with Crippen LogP contribution in [0.1, 0.15) is 25.0 Å². The Hall–Kier alpha value is -0.840. The van der Waals surface area contributed by atoms with Crippen molar-refractivity contribution in [2.45, 2.75) is 31.9 Å². The van der Waals surface area contributed by atoms with Gasteiger partial charge in [-0.3, -0.25) is 0 Å². The van der Waals surface area contributed by atoms with Crippen LogP contribution < -0.4 is 5.32 Å². The Balaban J connectivity index is 1.39. The molecule has 2 rings (SSSR count). The zero-order chi connectivity index (χ0) is 11.8. The van der Waals surface area contributed by atoms with Gasteiger partial charge in [0.15, 0.2) is 0 Å². The Bertz CT molecular complexity index is 281. The van der Waals surface area contributed by atoms with E-state index in [4.69, 9.17) is 13.9 Å². The van der Waals surface area contributed by atoms with Gasteiger partial charge in [0.1, 0.15) is 5.76 Å². The molecule has 0 spiro atoms. The third-order valence-electron chi connectivity index (χ3n) is 2.85. The van der Waals surface area contributed by atoms with E-state index in [1.165, 1.54) is 6.42 Å². The second-order valence-corrected chi connectivity index (χ2v) is 4.32. The third kappa shape index (κ3) is 4.89. The van der Waals surface area contributed by atoms with Crippen LogP contribution in [0.5, 0.6) is 0 Å². The molecule has 0 aliphatic carbocycles. The van der Waals surface area contributed by atoms with E-state index in [0.29, 0.717) is 6.10 Å². The molecular weight excluding hydrogens is 218 g/mol. The lowest BCUT2D eigenvalue weighted by molar-refractivity contribution is 0.0166. The minimum atomic E-state index is 0.339. The van der Waals surface area contributed by atoms with Crippen molar-refractivity contribution < 1.29 is 13.9 Å². The van der Waals surface area contributed by atoms with Crippen LogP contribution in [0.2, 0.25) is 0 Å². The minimum Gasteiger partial charge on any atom is -0.468 e. The van der Waals surface area contributed by atoms with Gasteiger partial charge in [0.2, 0.25) is 0 Å². The largest absolute Gasteiger partial charge is 0.468 e. The molecule has 1 aliphatic heterocycles. The van der Waals surface area contributed by atoms with E-state index >= 15 is 0 Å². The minimum absolute atomic E-state index is 0.339. The van der Waals surface area contributed by atoms with Gasteiger partial charge in [-0.2, -0.15) is 0 Å². The maximum atomic E-state index is 5.57. The molecule has 1 saturated heterocycles. The Morgan fingerprint density at radius 3 is 3.24 bits per heavy atom. The van der Waals surface area contributed by atoms with Crippen molar-refractivity contribution in [3.8, 4) is 0 Å². The van der Waals surface area contributed by atoms with Crippen LogP contribution in [0.15, 0.2) is 22.8 Å². The van der Waals surface area contributed by atoms with Gasteiger partial charge in [0.25, 0.3) is 0 Å². The molecule has 1 aliphatic rings. The molecule has 0 radical (unpaired) electrons. The number of hydrogen-bond donors (Lipinski definition) is 1. The molecule has 4 nitrogen and oxygen atoms in total. The Labute approximate surface area is 102 Å². The Morgan fingerprint density at radius 2 is 2.47 bits per heavy atom. The van der Waals surface area contributed by atoms with Crippen molar-refractivity contribution in [3.05, 3.63) is 24.2 Å². The lowest BCUT2D eigenvalue weighted by Crippen LogP contribution is -2.18. The summed E-state index contributed by atoms with van der Waals surface area (Å²) in [5.41, 5.74) is 0. The topological polar surface area (TPSA) is 43.6 Å². The molecule has 96 valence electrons. The third-order valence-corrected chi connectivity index (χ3v) is 2.85. The predicted octanol–water partition coefficient (Wildman–Crippen LogP) is 1.95. The maximum absolute atomic E-state index is 5.57. The summed E-state index contributed by atoms with van der Waals surface area (Å²) in [6.45, 7) is 4.19. The molecule has 0 amide bonds. The molecule has 1 atom stereocenters. The standard InChI is InChI=1S/C13H21NO3/c1-4-12(16-8-1)10-14-6-3-7-15-11-13-5-2-9-17-13/h1,4,8,13-14H,2-3,5-7,9-11H2. The summed E-state index contributed by atoms with van der Waals surface area (Å²) in [7, 11) is 0. The van der Waals surface area contributed by atoms with Crippen molar-refractivity contribution >= 4 is 0 Å². The van der Waals surface area contributed by atoms with Gasteiger partial charge < -0.3 is 19.2 Å². The Morgan fingerprint density at radius 1 is 1.47 bits per heavy atom. The van der Waals surface area contributed by atoms with Gasteiger partial charge >= 0.3 is 0 Å². The van der Waals surface area contributed by atoms with Crippen LogP contribution in [-0.2, 0) is 16.0 Å². The average Bonchev–Trinajstić information content (AvgIpc) is 3.00. The summed E-state index contributed by atoms with van der Waals surface area (Å²) in [6, 6.07) is 3.88. The van der Waals surface area contributed by atoms with E-state index < -0.39 is 0 Å². The van der Waals surface area contributed by atoms with Crippen LogP contribution in [0, 0.1) is 0 Å². The van der Waals surface area contributed by atoms with E-state index in [1.54, 1.807) is 6.26 Å². The fraction of sp³-hybridized carbons (Fsp3) is 0.692. The van der Waals surface area contributed by atoms with Gasteiger partial charge in [0, 0.05) is 13.2 Å². The van der Waals surface area contributed by atoms with E-state index in [2.05, 4.69) is 5.32 Å². The van der Waals surface area contributed by atoms with Gasteiger partial charge in [-0.25, -0.2) is 0 Å². The van der Waals surface area contributed by atoms with Crippen molar-refractivity contribution in [1.82, 2.24) is 5.32 Å². The second kappa shape index (κ2) is 7.48. The highest BCUT2D eigenvalue weighted by atomic mass is 16.5. The van der Waals surface area contributed by atoms with E-state index in [-0.39, 0.29) is 0 Å². The number of rotatable bonds is 8. The lowest BCUT2D eigenvalue weighted by atomic mass is 10.2. The quantitative estimate of drug-likeness (QED) is 0.704. The molecule has 0 saturated carbocycles. The molecule has 17 heavy (non-hydrogen) atoms. The monoisotopic (exact) mass is 239 g/mol. The summed E-state index contributed by atoms with van der Waals surface area (Å²) in [5.74, 6) is 0.977. The van der Waals surface area contributed by atoms with Crippen molar-refractivity contribution in [2.75, 3.05) is 26.4 Å². The van der Waals surface area contributed by atoms with Gasteiger partial charge in [0.05, 0.1) is 25.5 Å². The fourth-order valence-electron chi connectivity index (χ4n) is 1.91. The highest BCUT2D eigenvalue weighted by Crippen LogP contribution is 2.11. The molecule has 1 fully saturated rings. The first-order valence-electron chi connectivity index (χ1n) is 6.37. The zero-order valence-electron chi connectivity index (χ0n) is 10.2. The first-order valence-corrected chi connectivity index (χ1v) is 6.37. The number of ether oxygens (including phenoxy) is 2. The van der Waals surface area contributed by atoms with Gasteiger partial charge in [-0.1, -0.05) is 0 Å². The van der Waals surface area contributed by atoms with E-state index in [1.807, 2.05) is 12.1 Å². The summed E-state index contributed by atoms with van der Waals surface area (Å²) in [6.07, 6.45) is 5.39. The smallest absolute Gasteiger partial charge is 0.117 e. The Kier molecular flexibility index (Phi) is 5.55. The average molecular weight is 239 g/mol. The van der Waals surface area contributed by atoms with Crippen molar-refractivity contribution in [1.29, 1.82) is 0 Å². The summed E-state index contributed by atoms with van der Waals surface area (Å²) < 4.78 is 16.3. The van der Waals surface area contributed by atoms with Crippen molar-refractivity contribution in [3.63, 3.8) is 0 Å². The molecule has 0 bridgehead atoms. The SMILES string of the molecule is c1coc(CNCCCOCC2CCCO2)c1. The molecule has 1 aromatic rings. The highest BCUT2D eigenvalue weighted by molar-refractivity contribution is 4.97. The first kappa shape index (κ1) is 12.6. The number of nitrogens with one attached hydrogen (secondary N) is 1. The normalized spacial score (nSPS) is 19.9. The summed E-state index contributed by atoms with van der Waals surface area (Å²) in [4.78, 5) is 0. The van der Waals surface area contributed by atoms with Crippen LogP contribution in [0.25, 0.3) is 0 Å². The second-order valence-electron chi connectivity index (χ2n) is 4.32. The van der Waals surface area contributed by atoms with E-state index in [0.717, 1.165) is 51.5 Å². The molecule has 1 unspecified atom stereocenters. The number of furan rings is 1. The number of hydrogen-bond acceptors (Lipinski definition) is 4. The predicted molar refractivity (Wildman–Crippen MR) is 64.8 cm³/mol. The van der Waals surface area contributed by atoms with E-state index in [9.17, 15) is 0 Å². The molecule has 0 aromatic carbocycles. The maximum Gasteiger partial charge on any atom is 0.117 e. The molecule has 4 heteroatoms. The summed E-state index contributed by atoms with van der Waals surface area (Å²) in [5, 5.41) is 3.31. The lowest BCUT2D eigenvalue weighted by Gasteiger charge is -2.09. The fourth-order valence-corrected chi connectivity index (χ4v) is 1.91. The first-order chi connectivity index (χ1) is 8.45. The molecular formula is C13H21NO3. The van der Waals surface area contributed by atoms with Gasteiger partial charge in [-0.15, -0.1) is 0 Å².